The van der Waals surface area contributed by atoms with Gasteiger partial charge in [0.15, 0.2) is 5.78 Å². The largest absolute Gasteiger partial charge is 0.417 e. The van der Waals surface area contributed by atoms with Gasteiger partial charge in [0.1, 0.15) is 5.01 Å². The van der Waals surface area contributed by atoms with Gasteiger partial charge in [0.25, 0.3) is 0 Å². The van der Waals surface area contributed by atoms with Gasteiger partial charge in [-0.3, -0.25) is 4.79 Å². The quantitative estimate of drug-likeness (QED) is 0.771. The van der Waals surface area contributed by atoms with Crippen molar-refractivity contribution < 1.29 is 18.0 Å². The number of Topliss-reactive ketones (excluding diaryl/α,β-unsaturated/α-hetero) is 1. The molecule has 0 radical (unpaired) electrons. The zero-order valence-electron chi connectivity index (χ0n) is 9.37. The van der Waals surface area contributed by atoms with Gasteiger partial charge in [-0.1, -0.05) is 22.0 Å². The van der Waals surface area contributed by atoms with Crippen LogP contribution in [0.2, 0.25) is 0 Å². The lowest BCUT2D eigenvalue weighted by atomic mass is 10.1. The van der Waals surface area contributed by atoms with Crippen molar-refractivity contribution in [2.45, 2.75) is 12.6 Å². The second kappa shape index (κ2) is 5.42. The third-order valence-corrected chi connectivity index (χ3v) is 3.86. The van der Waals surface area contributed by atoms with Crippen molar-refractivity contribution in [1.29, 1.82) is 0 Å². The molecule has 0 unspecified atom stereocenters. The number of nitrogens with zero attached hydrogens (tertiary/aromatic N) is 1. The number of carbonyl (C=O) groups is 1. The van der Waals surface area contributed by atoms with E-state index >= 15 is 0 Å². The molecule has 0 spiro atoms. The third-order valence-electron chi connectivity index (χ3n) is 2.39. The maximum absolute atomic E-state index is 12.7. The van der Waals surface area contributed by atoms with E-state index in [1.165, 1.54) is 23.5 Å². The lowest BCUT2D eigenvalue weighted by molar-refractivity contribution is -0.138. The second-order valence-electron chi connectivity index (χ2n) is 3.72. The average Bonchev–Trinajstić information content (AvgIpc) is 2.80. The Morgan fingerprint density at radius 3 is 2.68 bits per heavy atom. The molecule has 0 saturated heterocycles. The summed E-state index contributed by atoms with van der Waals surface area (Å²) in [4.78, 5) is 15.8. The van der Waals surface area contributed by atoms with E-state index in [1.54, 1.807) is 11.6 Å². The van der Waals surface area contributed by atoms with Crippen LogP contribution in [-0.4, -0.2) is 10.8 Å². The minimum absolute atomic E-state index is 0.0105. The molecule has 0 amide bonds. The predicted octanol–water partition coefficient (Wildman–Crippen LogP) is 4.35. The van der Waals surface area contributed by atoms with Crippen LogP contribution < -0.4 is 0 Å². The van der Waals surface area contributed by atoms with Gasteiger partial charge in [0.2, 0.25) is 0 Å². The van der Waals surface area contributed by atoms with Gasteiger partial charge in [-0.05, 0) is 12.1 Å². The van der Waals surface area contributed by atoms with Crippen LogP contribution in [0.3, 0.4) is 0 Å². The summed E-state index contributed by atoms with van der Waals surface area (Å²) in [7, 11) is 0. The molecule has 2 aromatic rings. The molecule has 2 nitrogen and oxygen atoms in total. The number of aromatic nitrogens is 1. The summed E-state index contributed by atoms with van der Waals surface area (Å²) in [6.07, 6.45) is -2.93. The Balaban J connectivity index is 2.28. The molecule has 0 aliphatic heterocycles. The fourth-order valence-electron chi connectivity index (χ4n) is 1.50. The summed E-state index contributed by atoms with van der Waals surface area (Å²) < 4.78 is 38.1. The first-order valence-corrected chi connectivity index (χ1v) is 6.83. The molecule has 0 aliphatic rings. The van der Waals surface area contributed by atoms with Crippen molar-refractivity contribution in [3.05, 3.63) is 50.4 Å². The Bertz CT molecular complexity index is 596. The van der Waals surface area contributed by atoms with Gasteiger partial charge in [-0.25, -0.2) is 4.98 Å². The minimum atomic E-state index is -4.49. The lowest BCUT2D eigenvalue weighted by Gasteiger charge is -2.10. The van der Waals surface area contributed by atoms with E-state index in [2.05, 4.69) is 20.9 Å². The van der Waals surface area contributed by atoms with E-state index < -0.39 is 11.7 Å². The summed E-state index contributed by atoms with van der Waals surface area (Å²) in [6.45, 7) is 0. The molecule has 0 aliphatic carbocycles. The maximum Gasteiger partial charge on any atom is 0.417 e. The molecule has 0 saturated carbocycles. The molecule has 0 N–H and O–H groups in total. The molecule has 2 rings (SSSR count). The molecule has 1 heterocycles. The molecular formula is C12H7BrF3NOS. The number of rotatable bonds is 3. The van der Waals surface area contributed by atoms with Crippen molar-refractivity contribution in [1.82, 2.24) is 4.98 Å². The van der Waals surface area contributed by atoms with Crippen LogP contribution in [0.15, 0.2) is 34.2 Å². The number of benzene rings is 1. The Labute approximate surface area is 119 Å². The van der Waals surface area contributed by atoms with Crippen molar-refractivity contribution in [3.8, 4) is 0 Å². The smallest absolute Gasteiger partial charge is 0.294 e. The normalized spacial score (nSPS) is 11.6. The summed E-state index contributed by atoms with van der Waals surface area (Å²) in [5.74, 6) is -0.382. The number of halogens is 4. The van der Waals surface area contributed by atoms with E-state index in [1.807, 2.05) is 0 Å². The number of carbonyl (C=O) groups excluding carboxylic acids is 1. The maximum atomic E-state index is 12.7. The summed E-state index contributed by atoms with van der Waals surface area (Å²) in [6, 6.07) is 3.47. The fourth-order valence-corrected chi connectivity index (χ4v) is 2.58. The number of alkyl halides is 3. The number of hydrogen-bond acceptors (Lipinski definition) is 3. The summed E-state index contributed by atoms with van der Waals surface area (Å²) in [5.41, 5.74) is -0.816. The molecule has 1 aromatic heterocycles. The molecule has 19 heavy (non-hydrogen) atoms. The predicted molar refractivity (Wildman–Crippen MR) is 69.3 cm³/mol. The molecular weight excluding hydrogens is 343 g/mol. The van der Waals surface area contributed by atoms with Crippen LogP contribution in [0.1, 0.15) is 20.9 Å². The topological polar surface area (TPSA) is 30.0 Å². The van der Waals surface area contributed by atoms with Gasteiger partial charge < -0.3 is 0 Å². The van der Waals surface area contributed by atoms with E-state index in [-0.39, 0.29) is 22.2 Å². The van der Waals surface area contributed by atoms with E-state index in [0.717, 1.165) is 6.07 Å². The Morgan fingerprint density at radius 1 is 1.37 bits per heavy atom. The zero-order chi connectivity index (χ0) is 14.0. The monoisotopic (exact) mass is 349 g/mol. The Hall–Kier alpha value is -1.21. The number of hydrogen-bond donors (Lipinski definition) is 0. The molecule has 1 aromatic carbocycles. The van der Waals surface area contributed by atoms with Gasteiger partial charge in [0, 0.05) is 21.6 Å². The van der Waals surface area contributed by atoms with E-state index in [9.17, 15) is 18.0 Å². The number of ketones is 1. The fraction of sp³-hybridized carbons (Fsp3) is 0.167. The van der Waals surface area contributed by atoms with Crippen molar-refractivity contribution in [2.24, 2.45) is 0 Å². The van der Waals surface area contributed by atoms with Crippen LogP contribution in [-0.2, 0) is 12.6 Å². The highest BCUT2D eigenvalue weighted by atomic mass is 79.9. The van der Waals surface area contributed by atoms with Gasteiger partial charge in [-0.2, -0.15) is 13.2 Å². The van der Waals surface area contributed by atoms with Crippen LogP contribution >= 0.6 is 27.3 Å². The van der Waals surface area contributed by atoms with Crippen molar-refractivity contribution in [2.75, 3.05) is 0 Å². The van der Waals surface area contributed by atoms with Crippen LogP contribution in [0, 0.1) is 0 Å². The molecule has 0 bridgehead atoms. The molecule has 100 valence electrons. The minimum Gasteiger partial charge on any atom is -0.294 e. The summed E-state index contributed by atoms with van der Waals surface area (Å²) in [5, 5.41) is 2.30. The number of thiazole rings is 1. The van der Waals surface area contributed by atoms with Crippen molar-refractivity contribution >= 4 is 33.0 Å². The average molecular weight is 350 g/mol. The van der Waals surface area contributed by atoms with Gasteiger partial charge >= 0.3 is 6.18 Å². The van der Waals surface area contributed by atoms with E-state index in [0.29, 0.717) is 5.01 Å². The van der Waals surface area contributed by atoms with Gasteiger partial charge in [0.05, 0.1) is 12.0 Å². The van der Waals surface area contributed by atoms with E-state index in [4.69, 9.17) is 0 Å². The summed E-state index contributed by atoms with van der Waals surface area (Å²) >= 11 is 4.13. The molecule has 7 heteroatoms. The molecule has 0 fully saturated rings. The first-order chi connectivity index (χ1) is 8.88. The zero-order valence-corrected chi connectivity index (χ0v) is 11.8. The standard InChI is InChI=1S/C12H7BrF3NOS/c13-9-2-1-7(5-8(9)12(14,15)16)10(18)6-11-17-3-4-19-11/h1-5H,6H2. The van der Waals surface area contributed by atoms with Crippen LogP contribution in [0.4, 0.5) is 13.2 Å². The molecule has 0 atom stereocenters. The third kappa shape index (κ3) is 3.42. The van der Waals surface area contributed by atoms with Crippen LogP contribution in [0.5, 0.6) is 0 Å². The lowest BCUT2D eigenvalue weighted by Crippen LogP contribution is -2.10. The SMILES string of the molecule is O=C(Cc1nccs1)c1ccc(Br)c(C(F)(F)F)c1. The Morgan fingerprint density at radius 2 is 2.11 bits per heavy atom. The first-order valence-electron chi connectivity index (χ1n) is 5.16. The van der Waals surface area contributed by atoms with Crippen LogP contribution in [0.25, 0.3) is 0 Å². The highest BCUT2D eigenvalue weighted by molar-refractivity contribution is 9.10. The highest BCUT2D eigenvalue weighted by Crippen LogP contribution is 2.35. The second-order valence-corrected chi connectivity index (χ2v) is 5.55. The highest BCUT2D eigenvalue weighted by Gasteiger charge is 2.33. The first kappa shape index (κ1) is 14.2. The Kier molecular flexibility index (Phi) is 4.05. The van der Waals surface area contributed by atoms with Gasteiger partial charge in [-0.15, -0.1) is 11.3 Å². The van der Waals surface area contributed by atoms with Crippen molar-refractivity contribution in [3.63, 3.8) is 0 Å².